The molecule has 0 radical (unpaired) electrons. The Bertz CT molecular complexity index is 1240. The number of fused-ring (bicyclic) bond motifs is 1. The third-order valence-corrected chi connectivity index (χ3v) is 6.15. The second-order valence-electron chi connectivity index (χ2n) is 8.39. The first-order chi connectivity index (χ1) is 16.2. The SMILES string of the molecule is NC(=O)c1ccc(-c2cnn3cc(-c4ccc(OCCN5CCCCC5)cc4)cnc23)cc1. The molecule has 4 aromatic rings. The summed E-state index contributed by atoms with van der Waals surface area (Å²) in [6.07, 6.45) is 9.55. The molecule has 3 heterocycles. The Morgan fingerprint density at radius 2 is 1.64 bits per heavy atom. The van der Waals surface area contributed by atoms with E-state index in [-0.39, 0.29) is 0 Å². The van der Waals surface area contributed by atoms with Crippen molar-refractivity contribution in [1.29, 1.82) is 0 Å². The van der Waals surface area contributed by atoms with Gasteiger partial charge in [0, 0.05) is 35.6 Å². The lowest BCUT2D eigenvalue weighted by Crippen LogP contribution is -2.33. The number of carbonyl (C=O) groups excluding carboxylic acids is 1. The summed E-state index contributed by atoms with van der Waals surface area (Å²) in [5.74, 6) is 0.438. The second-order valence-corrected chi connectivity index (χ2v) is 8.39. The number of carbonyl (C=O) groups is 1. The van der Waals surface area contributed by atoms with Crippen LogP contribution in [0, 0.1) is 0 Å². The lowest BCUT2D eigenvalue weighted by Gasteiger charge is -2.26. The first kappa shape index (κ1) is 21.2. The van der Waals surface area contributed by atoms with Crippen LogP contribution in [-0.2, 0) is 0 Å². The van der Waals surface area contributed by atoms with Gasteiger partial charge in [0.25, 0.3) is 0 Å². The van der Waals surface area contributed by atoms with Crippen LogP contribution in [0.25, 0.3) is 27.9 Å². The second kappa shape index (κ2) is 9.42. The van der Waals surface area contributed by atoms with Crippen LogP contribution in [-0.4, -0.2) is 51.6 Å². The molecule has 5 rings (SSSR count). The van der Waals surface area contributed by atoms with Crippen LogP contribution in [0.2, 0.25) is 0 Å². The predicted octanol–water partition coefficient (Wildman–Crippen LogP) is 4.03. The lowest BCUT2D eigenvalue weighted by molar-refractivity contribution is 0.100. The van der Waals surface area contributed by atoms with E-state index in [0.717, 1.165) is 40.2 Å². The Morgan fingerprint density at radius 3 is 2.36 bits per heavy atom. The van der Waals surface area contributed by atoms with Gasteiger partial charge < -0.3 is 10.5 Å². The van der Waals surface area contributed by atoms with Crippen molar-refractivity contribution in [1.82, 2.24) is 19.5 Å². The van der Waals surface area contributed by atoms with E-state index in [0.29, 0.717) is 12.2 Å². The number of ether oxygens (including phenoxy) is 1. The predicted molar refractivity (Wildman–Crippen MR) is 128 cm³/mol. The highest BCUT2D eigenvalue weighted by molar-refractivity contribution is 5.93. The van der Waals surface area contributed by atoms with E-state index in [9.17, 15) is 4.79 Å². The number of primary amides is 1. The number of aromatic nitrogens is 3. The smallest absolute Gasteiger partial charge is 0.248 e. The van der Waals surface area contributed by atoms with Crippen molar-refractivity contribution in [3.8, 4) is 28.0 Å². The maximum atomic E-state index is 11.3. The molecule has 1 fully saturated rings. The van der Waals surface area contributed by atoms with E-state index in [1.54, 1.807) is 22.8 Å². The third kappa shape index (κ3) is 4.73. The maximum Gasteiger partial charge on any atom is 0.248 e. The molecule has 1 amide bonds. The van der Waals surface area contributed by atoms with Gasteiger partial charge in [-0.25, -0.2) is 9.50 Å². The first-order valence-electron chi connectivity index (χ1n) is 11.4. The normalized spacial score (nSPS) is 14.4. The highest BCUT2D eigenvalue weighted by atomic mass is 16.5. The topological polar surface area (TPSA) is 85.8 Å². The average Bonchev–Trinajstić information content (AvgIpc) is 3.28. The number of likely N-dealkylation sites (tertiary alicyclic amines) is 1. The molecule has 7 nitrogen and oxygen atoms in total. The number of hydrogen-bond donors (Lipinski definition) is 1. The van der Waals surface area contributed by atoms with E-state index in [2.05, 4.69) is 15.0 Å². The molecule has 0 unspecified atom stereocenters. The van der Waals surface area contributed by atoms with Crippen molar-refractivity contribution in [2.45, 2.75) is 19.3 Å². The molecule has 0 saturated carbocycles. The van der Waals surface area contributed by atoms with E-state index < -0.39 is 5.91 Å². The van der Waals surface area contributed by atoms with Gasteiger partial charge >= 0.3 is 0 Å². The number of piperidine rings is 1. The molecule has 7 heteroatoms. The molecular weight excluding hydrogens is 414 g/mol. The van der Waals surface area contributed by atoms with Gasteiger partial charge in [0.15, 0.2) is 5.65 Å². The van der Waals surface area contributed by atoms with Crippen LogP contribution < -0.4 is 10.5 Å². The largest absolute Gasteiger partial charge is 0.492 e. The molecule has 2 aromatic heterocycles. The molecule has 1 aliphatic heterocycles. The number of hydrogen-bond acceptors (Lipinski definition) is 5. The molecule has 1 aliphatic rings. The minimum atomic E-state index is -0.442. The number of nitrogens with zero attached hydrogens (tertiary/aromatic N) is 4. The molecule has 1 saturated heterocycles. The van der Waals surface area contributed by atoms with E-state index >= 15 is 0 Å². The number of nitrogens with two attached hydrogens (primary N) is 1. The summed E-state index contributed by atoms with van der Waals surface area (Å²) in [7, 11) is 0. The van der Waals surface area contributed by atoms with Crippen molar-refractivity contribution in [2.24, 2.45) is 5.73 Å². The standard InChI is InChI=1S/C26H27N5O2/c27-25(32)21-6-4-20(5-7-21)24-17-29-31-18-22(16-28-26(24)31)19-8-10-23(11-9-19)33-15-14-30-12-2-1-3-13-30/h4-11,16-18H,1-3,12-15H2,(H2,27,32). The summed E-state index contributed by atoms with van der Waals surface area (Å²) >= 11 is 0. The Labute approximate surface area is 192 Å². The van der Waals surface area contributed by atoms with Gasteiger partial charge in [-0.1, -0.05) is 30.7 Å². The van der Waals surface area contributed by atoms with Gasteiger partial charge in [-0.15, -0.1) is 0 Å². The van der Waals surface area contributed by atoms with Crippen molar-refractivity contribution >= 4 is 11.6 Å². The molecule has 2 N–H and O–H groups in total. The molecule has 2 aromatic carbocycles. The molecule has 0 atom stereocenters. The van der Waals surface area contributed by atoms with E-state index in [4.69, 9.17) is 10.5 Å². The van der Waals surface area contributed by atoms with Crippen LogP contribution in [0.1, 0.15) is 29.6 Å². The zero-order valence-corrected chi connectivity index (χ0v) is 18.5. The van der Waals surface area contributed by atoms with Crippen LogP contribution in [0.15, 0.2) is 67.1 Å². The highest BCUT2D eigenvalue weighted by Crippen LogP contribution is 2.27. The summed E-state index contributed by atoms with van der Waals surface area (Å²) < 4.78 is 7.72. The van der Waals surface area contributed by atoms with E-state index in [1.807, 2.05) is 48.8 Å². The molecular formula is C26H27N5O2. The number of amides is 1. The van der Waals surface area contributed by atoms with Crippen molar-refractivity contribution < 1.29 is 9.53 Å². The Kier molecular flexibility index (Phi) is 6.04. The van der Waals surface area contributed by atoms with E-state index in [1.165, 1.54) is 32.4 Å². The fourth-order valence-electron chi connectivity index (χ4n) is 4.26. The first-order valence-corrected chi connectivity index (χ1v) is 11.4. The van der Waals surface area contributed by atoms with Crippen molar-refractivity contribution in [2.75, 3.05) is 26.2 Å². The Hall–Kier alpha value is -3.71. The van der Waals surface area contributed by atoms with Gasteiger partial charge in [0.2, 0.25) is 5.91 Å². The third-order valence-electron chi connectivity index (χ3n) is 6.15. The fraction of sp³-hybridized carbons (Fsp3) is 0.269. The van der Waals surface area contributed by atoms with Crippen LogP contribution in [0.3, 0.4) is 0 Å². The highest BCUT2D eigenvalue weighted by Gasteiger charge is 2.11. The monoisotopic (exact) mass is 441 g/mol. The zero-order valence-electron chi connectivity index (χ0n) is 18.5. The summed E-state index contributed by atoms with van der Waals surface area (Å²) in [6.45, 7) is 4.07. The minimum absolute atomic E-state index is 0.442. The van der Waals surface area contributed by atoms with Gasteiger partial charge in [0.05, 0.1) is 6.20 Å². The number of benzene rings is 2. The Balaban J connectivity index is 1.27. The summed E-state index contributed by atoms with van der Waals surface area (Å²) in [5.41, 5.74) is 10.4. The molecule has 168 valence electrons. The zero-order chi connectivity index (χ0) is 22.6. The van der Waals surface area contributed by atoms with Crippen molar-refractivity contribution in [3.05, 3.63) is 72.7 Å². The van der Waals surface area contributed by atoms with Crippen LogP contribution in [0.5, 0.6) is 5.75 Å². The lowest BCUT2D eigenvalue weighted by atomic mass is 10.1. The van der Waals surface area contributed by atoms with Gasteiger partial charge in [-0.05, 0) is 61.3 Å². The maximum absolute atomic E-state index is 11.3. The van der Waals surface area contributed by atoms with Crippen molar-refractivity contribution in [3.63, 3.8) is 0 Å². The molecule has 0 bridgehead atoms. The molecule has 0 aliphatic carbocycles. The van der Waals surface area contributed by atoms with Gasteiger partial charge in [-0.2, -0.15) is 5.10 Å². The average molecular weight is 442 g/mol. The summed E-state index contributed by atoms with van der Waals surface area (Å²) in [4.78, 5) is 18.4. The molecule has 33 heavy (non-hydrogen) atoms. The van der Waals surface area contributed by atoms with Gasteiger partial charge in [0.1, 0.15) is 12.4 Å². The summed E-state index contributed by atoms with van der Waals surface area (Å²) in [5, 5.41) is 4.47. The fourth-order valence-corrected chi connectivity index (χ4v) is 4.26. The van der Waals surface area contributed by atoms with Crippen LogP contribution in [0.4, 0.5) is 0 Å². The molecule has 0 spiro atoms. The summed E-state index contributed by atoms with van der Waals surface area (Å²) in [6, 6.07) is 15.2. The van der Waals surface area contributed by atoms with Crippen LogP contribution >= 0.6 is 0 Å². The number of rotatable bonds is 7. The minimum Gasteiger partial charge on any atom is -0.492 e. The quantitative estimate of drug-likeness (QED) is 0.468. The van der Waals surface area contributed by atoms with Gasteiger partial charge in [-0.3, -0.25) is 9.69 Å². The Morgan fingerprint density at radius 1 is 0.909 bits per heavy atom.